The lowest BCUT2D eigenvalue weighted by atomic mass is 10.2. The molecule has 31 heavy (non-hydrogen) atoms. The maximum absolute atomic E-state index is 12.4. The molecular formula is C23H19N3O3S2. The minimum atomic E-state index is -0.230. The summed E-state index contributed by atoms with van der Waals surface area (Å²) in [6, 6.07) is 17.9. The Balaban J connectivity index is 1.32. The normalized spacial score (nSPS) is 10.5. The van der Waals surface area contributed by atoms with Crippen molar-refractivity contribution in [2.75, 3.05) is 17.7 Å². The predicted molar refractivity (Wildman–Crippen MR) is 125 cm³/mol. The summed E-state index contributed by atoms with van der Waals surface area (Å²) in [6.45, 7) is 0. The number of nitrogens with zero attached hydrogens (tertiary/aromatic N) is 1. The Bertz CT molecular complexity index is 1170. The number of aromatic nitrogens is 1. The zero-order chi connectivity index (χ0) is 21.6. The molecule has 0 aliphatic rings. The monoisotopic (exact) mass is 449 g/mol. The third-order valence-electron chi connectivity index (χ3n) is 4.40. The molecule has 0 atom stereocenters. The Morgan fingerprint density at radius 1 is 0.935 bits per heavy atom. The summed E-state index contributed by atoms with van der Waals surface area (Å²) in [5.41, 5.74) is 2.53. The van der Waals surface area contributed by atoms with Gasteiger partial charge >= 0.3 is 0 Å². The van der Waals surface area contributed by atoms with Crippen LogP contribution in [0, 0.1) is 0 Å². The first-order valence-electron chi connectivity index (χ1n) is 9.44. The largest absolute Gasteiger partial charge is 0.497 e. The highest BCUT2D eigenvalue weighted by atomic mass is 32.1. The predicted octanol–water partition coefficient (Wildman–Crippen LogP) is 5.31. The Hall–Kier alpha value is -3.49. The number of amides is 2. The van der Waals surface area contributed by atoms with E-state index in [1.165, 1.54) is 11.3 Å². The Morgan fingerprint density at radius 2 is 1.65 bits per heavy atom. The van der Waals surface area contributed by atoms with Crippen molar-refractivity contribution in [1.82, 2.24) is 4.98 Å². The average molecular weight is 450 g/mol. The number of hydrogen-bond acceptors (Lipinski definition) is 6. The second-order valence-electron chi connectivity index (χ2n) is 6.61. The SMILES string of the molecule is COc1ccc(NC(=O)c2ccc(NC(=O)Cc3csc(-c4cccs4)n3)cc2)cc1. The van der Waals surface area contributed by atoms with Gasteiger partial charge in [-0.15, -0.1) is 22.7 Å². The highest BCUT2D eigenvalue weighted by Gasteiger charge is 2.11. The molecule has 0 saturated heterocycles. The van der Waals surface area contributed by atoms with Gasteiger partial charge in [0.15, 0.2) is 0 Å². The summed E-state index contributed by atoms with van der Waals surface area (Å²) in [4.78, 5) is 30.4. The summed E-state index contributed by atoms with van der Waals surface area (Å²) in [7, 11) is 1.59. The molecule has 0 radical (unpaired) electrons. The molecule has 2 aromatic heterocycles. The van der Waals surface area contributed by atoms with E-state index in [-0.39, 0.29) is 18.2 Å². The molecule has 2 aromatic carbocycles. The van der Waals surface area contributed by atoms with Crippen LogP contribution in [-0.4, -0.2) is 23.9 Å². The molecular weight excluding hydrogens is 430 g/mol. The van der Waals surface area contributed by atoms with Gasteiger partial charge in [-0.25, -0.2) is 4.98 Å². The number of hydrogen-bond donors (Lipinski definition) is 2. The Labute approximate surface area is 187 Å². The molecule has 2 amide bonds. The highest BCUT2D eigenvalue weighted by molar-refractivity contribution is 7.20. The van der Waals surface area contributed by atoms with E-state index in [0.717, 1.165) is 21.3 Å². The minimum Gasteiger partial charge on any atom is -0.497 e. The number of carbonyl (C=O) groups excluding carboxylic acids is 2. The van der Waals surface area contributed by atoms with Gasteiger partial charge in [0.2, 0.25) is 5.91 Å². The van der Waals surface area contributed by atoms with Crippen LogP contribution in [0.3, 0.4) is 0 Å². The van der Waals surface area contributed by atoms with Crippen LogP contribution in [0.4, 0.5) is 11.4 Å². The van der Waals surface area contributed by atoms with Gasteiger partial charge in [-0.2, -0.15) is 0 Å². The van der Waals surface area contributed by atoms with Crippen LogP contribution >= 0.6 is 22.7 Å². The van der Waals surface area contributed by atoms with Crippen LogP contribution in [0.5, 0.6) is 5.75 Å². The van der Waals surface area contributed by atoms with Gasteiger partial charge in [0.25, 0.3) is 5.91 Å². The second kappa shape index (κ2) is 9.55. The number of thiophene rings is 1. The highest BCUT2D eigenvalue weighted by Crippen LogP contribution is 2.28. The van der Waals surface area contributed by atoms with Gasteiger partial charge < -0.3 is 15.4 Å². The van der Waals surface area contributed by atoms with Crippen LogP contribution < -0.4 is 15.4 Å². The van der Waals surface area contributed by atoms with Crippen molar-refractivity contribution in [3.05, 3.63) is 82.7 Å². The molecule has 156 valence electrons. The smallest absolute Gasteiger partial charge is 0.255 e. The van der Waals surface area contributed by atoms with Crippen molar-refractivity contribution in [2.24, 2.45) is 0 Å². The molecule has 2 heterocycles. The van der Waals surface area contributed by atoms with E-state index in [9.17, 15) is 9.59 Å². The molecule has 4 rings (SSSR count). The standard InChI is InChI=1S/C23H19N3O3S2/c1-29-19-10-8-17(9-11-19)25-22(28)15-4-6-16(7-5-15)24-21(27)13-18-14-31-23(26-18)20-3-2-12-30-20/h2-12,14H,13H2,1H3,(H,24,27)(H,25,28). The molecule has 4 aromatic rings. The fraction of sp³-hybridized carbons (Fsp3) is 0.0870. The maximum atomic E-state index is 12.4. The number of benzene rings is 2. The molecule has 0 bridgehead atoms. The van der Waals surface area contributed by atoms with E-state index in [1.807, 2.05) is 22.9 Å². The Kier molecular flexibility index (Phi) is 6.40. The van der Waals surface area contributed by atoms with E-state index < -0.39 is 0 Å². The first kappa shape index (κ1) is 20.8. The van der Waals surface area contributed by atoms with Gasteiger partial charge in [0.1, 0.15) is 10.8 Å². The second-order valence-corrected chi connectivity index (χ2v) is 8.41. The van der Waals surface area contributed by atoms with E-state index in [2.05, 4.69) is 15.6 Å². The van der Waals surface area contributed by atoms with Crippen LogP contribution in [0.15, 0.2) is 71.4 Å². The van der Waals surface area contributed by atoms with Crippen molar-refractivity contribution >= 4 is 45.9 Å². The molecule has 0 aliphatic heterocycles. The number of methoxy groups -OCH3 is 1. The first-order valence-corrected chi connectivity index (χ1v) is 11.2. The first-order chi connectivity index (χ1) is 15.1. The summed E-state index contributed by atoms with van der Waals surface area (Å²) >= 11 is 3.16. The summed E-state index contributed by atoms with van der Waals surface area (Å²) in [5, 5.41) is 10.5. The Morgan fingerprint density at radius 3 is 2.32 bits per heavy atom. The lowest BCUT2D eigenvalue weighted by Gasteiger charge is -2.08. The topological polar surface area (TPSA) is 80.3 Å². The number of anilines is 2. The van der Waals surface area contributed by atoms with Crippen molar-refractivity contribution in [3.8, 4) is 15.6 Å². The quantitative estimate of drug-likeness (QED) is 0.400. The van der Waals surface area contributed by atoms with Crippen LogP contribution in [0.25, 0.3) is 9.88 Å². The van der Waals surface area contributed by atoms with Gasteiger partial charge in [-0.1, -0.05) is 6.07 Å². The van der Waals surface area contributed by atoms with E-state index >= 15 is 0 Å². The van der Waals surface area contributed by atoms with E-state index in [4.69, 9.17) is 4.74 Å². The van der Waals surface area contributed by atoms with Crippen molar-refractivity contribution < 1.29 is 14.3 Å². The number of nitrogens with one attached hydrogen (secondary N) is 2. The molecule has 6 nitrogen and oxygen atoms in total. The van der Waals surface area contributed by atoms with E-state index in [1.54, 1.807) is 67.0 Å². The lowest BCUT2D eigenvalue weighted by molar-refractivity contribution is -0.115. The average Bonchev–Trinajstić information content (AvgIpc) is 3.47. The third-order valence-corrected chi connectivity index (χ3v) is 6.33. The zero-order valence-corrected chi connectivity index (χ0v) is 18.3. The fourth-order valence-corrected chi connectivity index (χ4v) is 4.49. The fourth-order valence-electron chi connectivity index (χ4n) is 2.85. The zero-order valence-electron chi connectivity index (χ0n) is 16.6. The number of rotatable bonds is 7. The lowest BCUT2D eigenvalue weighted by Crippen LogP contribution is -2.15. The number of ether oxygens (including phenoxy) is 1. The summed E-state index contributed by atoms with van der Waals surface area (Å²) < 4.78 is 5.11. The van der Waals surface area contributed by atoms with Crippen LogP contribution in [0.1, 0.15) is 16.1 Å². The van der Waals surface area contributed by atoms with Gasteiger partial charge in [-0.05, 0) is 60.0 Å². The van der Waals surface area contributed by atoms with Crippen molar-refractivity contribution in [2.45, 2.75) is 6.42 Å². The van der Waals surface area contributed by atoms with Crippen LogP contribution in [-0.2, 0) is 11.2 Å². The summed E-state index contributed by atoms with van der Waals surface area (Å²) in [5.74, 6) is 0.337. The summed E-state index contributed by atoms with van der Waals surface area (Å²) in [6.07, 6.45) is 0.196. The molecule has 0 aliphatic carbocycles. The molecule has 0 unspecified atom stereocenters. The van der Waals surface area contributed by atoms with Gasteiger partial charge in [0, 0.05) is 22.3 Å². The molecule has 0 fully saturated rings. The number of thiazole rings is 1. The molecule has 0 saturated carbocycles. The van der Waals surface area contributed by atoms with Crippen molar-refractivity contribution in [1.29, 1.82) is 0 Å². The van der Waals surface area contributed by atoms with Gasteiger partial charge in [-0.3, -0.25) is 9.59 Å². The van der Waals surface area contributed by atoms with Crippen molar-refractivity contribution in [3.63, 3.8) is 0 Å². The molecule has 8 heteroatoms. The molecule has 2 N–H and O–H groups in total. The van der Waals surface area contributed by atoms with Crippen LogP contribution in [0.2, 0.25) is 0 Å². The molecule has 0 spiro atoms. The van der Waals surface area contributed by atoms with E-state index in [0.29, 0.717) is 16.9 Å². The van der Waals surface area contributed by atoms with Gasteiger partial charge in [0.05, 0.1) is 24.1 Å². The maximum Gasteiger partial charge on any atom is 0.255 e. The third kappa shape index (κ3) is 5.36. The number of carbonyl (C=O) groups is 2. The minimum absolute atomic E-state index is 0.154.